The summed E-state index contributed by atoms with van der Waals surface area (Å²) in [5, 5.41) is 0. The number of halogens is 1. The molecule has 7 heteroatoms. The van der Waals surface area contributed by atoms with Gasteiger partial charge in [-0.2, -0.15) is 0 Å². The maximum absolute atomic E-state index is 13.0. The van der Waals surface area contributed by atoms with Gasteiger partial charge < -0.3 is 20.3 Å². The molecule has 2 atom stereocenters. The zero-order chi connectivity index (χ0) is 17.2. The molecular weight excluding hydrogens is 342 g/mol. The molecular formula is C18H26ClN3O3. The summed E-state index contributed by atoms with van der Waals surface area (Å²) >= 11 is 0. The Kier molecular flexibility index (Phi) is 6.43. The maximum atomic E-state index is 13.0. The van der Waals surface area contributed by atoms with Crippen molar-refractivity contribution in [2.24, 2.45) is 11.1 Å². The molecule has 2 amide bonds. The van der Waals surface area contributed by atoms with E-state index < -0.39 is 6.04 Å². The molecule has 2 aliphatic rings. The van der Waals surface area contributed by atoms with Crippen molar-refractivity contribution in [3.63, 3.8) is 0 Å². The number of hydrogen-bond donors (Lipinski definition) is 1. The highest BCUT2D eigenvalue weighted by Gasteiger charge is 2.41. The van der Waals surface area contributed by atoms with Crippen molar-refractivity contribution in [3.05, 3.63) is 35.9 Å². The molecule has 2 N–H and O–H groups in total. The molecule has 25 heavy (non-hydrogen) atoms. The molecule has 0 bridgehead atoms. The van der Waals surface area contributed by atoms with Crippen molar-refractivity contribution < 1.29 is 14.3 Å². The van der Waals surface area contributed by atoms with Crippen molar-refractivity contribution >= 4 is 24.2 Å². The lowest BCUT2D eigenvalue weighted by Crippen LogP contribution is -2.56. The Bertz CT molecular complexity index is 613. The number of hydrogen-bond acceptors (Lipinski definition) is 4. The van der Waals surface area contributed by atoms with Gasteiger partial charge in [0.15, 0.2) is 0 Å². The molecule has 1 aromatic rings. The van der Waals surface area contributed by atoms with Crippen LogP contribution in [0.3, 0.4) is 0 Å². The molecule has 6 nitrogen and oxygen atoms in total. The number of carbonyl (C=O) groups excluding carboxylic acids is 2. The van der Waals surface area contributed by atoms with Gasteiger partial charge in [-0.25, -0.2) is 0 Å². The Morgan fingerprint density at radius 2 is 2.08 bits per heavy atom. The number of rotatable bonds is 4. The second-order valence-electron chi connectivity index (χ2n) is 7.06. The van der Waals surface area contributed by atoms with Gasteiger partial charge in [0.05, 0.1) is 6.61 Å². The summed E-state index contributed by atoms with van der Waals surface area (Å²) in [7, 11) is 0. The van der Waals surface area contributed by atoms with E-state index in [0.29, 0.717) is 26.2 Å². The number of benzene rings is 1. The van der Waals surface area contributed by atoms with E-state index in [-0.39, 0.29) is 42.9 Å². The average Bonchev–Trinajstić information content (AvgIpc) is 3.00. The van der Waals surface area contributed by atoms with E-state index in [1.807, 2.05) is 35.2 Å². The zero-order valence-corrected chi connectivity index (χ0v) is 15.3. The van der Waals surface area contributed by atoms with Crippen LogP contribution in [0.5, 0.6) is 0 Å². The molecule has 3 rings (SSSR count). The summed E-state index contributed by atoms with van der Waals surface area (Å²) < 4.78 is 5.36. The highest BCUT2D eigenvalue weighted by atomic mass is 35.5. The Labute approximate surface area is 154 Å². The van der Waals surface area contributed by atoms with Crippen LogP contribution in [0.1, 0.15) is 18.9 Å². The molecule has 2 fully saturated rings. The number of amides is 2. The Morgan fingerprint density at radius 3 is 2.72 bits per heavy atom. The molecule has 0 aromatic heterocycles. The van der Waals surface area contributed by atoms with Gasteiger partial charge in [0.2, 0.25) is 11.8 Å². The Balaban J connectivity index is 0.00000225. The van der Waals surface area contributed by atoms with Crippen LogP contribution < -0.4 is 5.73 Å². The summed E-state index contributed by atoms with van der Waals surface area (Å²) in [6.07, 6.45) is 0.898. The van der Waals surface area contributed by atoms with Gasteiger partial charge in [0.1, 0.15) is 12.6 Å². The molecule has 2 saturated heterocycles. The number of nitrogens with two attached hydrogens (primary N) is 1. The maximum Gasteiger partial charge on any atom is 0.249 e. The SMILES string of the molecule is CC1(CN)CCN(C(=O)[C@H]2COCC(=O)N2Cc2ccccc2)C1.Cl. The zero-order valence-electron chi connectivity index (χ0n) is 14.5. The van der Waals surface area contributed by atoms with Gasteiger partial charge in [-0.3, -0.25) is 9.59 Å². The minimum absolute atomic E-state index is 0. The first-order valence-electron chi connectivity index (χ1n) is 8.42. The topological polar surface area (TPSA) is 75.9 Å². The summed E-state index contributed by atoms with van der Waals surface area (Å²) in [6.45, 7) is 4.73. The minimum atomic E-state index is -0.549. The Morgan fingerprint density at radius 1 is 1.36 bits per heavy atom. The normalized spacial score (nSPS) is 26.5. The van der Waals surface area contributed by atoms with E-state index in [9.17, 15) is 9.59 Å². The molecule has 1 unspecified atom stereocenters. The predicted molar refractivity (Wildman–Crippen MR) is 97.2 cm³/mol. The monoisotopic (exact) mass is 367 g/mol. The van der Waals surface area contributed by atoms with Crippen LogP contribution in [-0.4, -0.2) is 60.5 Å². The quantitative estimate of drug-likeness (QED) is 0.862. The molecule has 138 valence electrons. The summed E-state index contributed by atoms with van der Waals surface area (Å²) in [5.41, 5.74) is 6.82. The van der Waals surface area contributed by atoms with Crippen molar-refractivity contribution in [2.75, 3.05) is 32.8 Å². The summed E-state index contributed by atoms with van der Waals surface area (Å²) in [6, 6.07) is 9.18. The molecule has 0 aliphatic carbocycles. The number of likely N-dealkylation sites (tertiary alicyclic amines) is 1. The molecule has 0 radical (unpaired) electrons. The van der Waals surface area contributed by atoms with E-state index in [4.69, 9.17) is 10.5 Å². The van der Waals surface area contributed by atoms with Crippen LogP contribution in [0.4, 0.5) is 0 Å². The number of morpholine rings is 1. The lowest BCUT2D eigenvalue weighted by molar-refractivity contribution is -0.159. The second-order valence-corrected chi connectivity index (χ2v) is 7.06. The largest absolute Gasteiger partial charge is 0.369 e. The lowest BCUT2D eigenvalue weighted by atomic mass is 9.90. The van der Waals surface area contributed by atoms with Gasteiger partial charge in [-0.1, -0.05) is 37.3 Å². The fraction of sp³-hybridized carbons (Fsp3) is 0.556. The molecule has 2 aliphatic heterocycles. The van der Waals surface area contributed by atoms with Crippen LogP contribution >= 0.6 is 12.4 Å². The molecule has 0 saturated carbocycles. The van der Waals surface area contributed by atoms with Crippen LogP contribution in [0.15, 0.2) is 30.3 Å². The smallest absolute Gasteiger partial charge is 0.249 e. The number of ether oxygens (including phenoxy) is 1. The fourth-order valence-electron chi connectivity index (χ4n) is 3.38. The first kappa shape index (κ1) is 19.7. The van der Waals surface area contributed by atoms with E-state index in [1.54, 1.807) is 4.90 Å². The van der Waals surface area contributed by atoms with Gasteiger partial charge in [-0.15, -0.1) is 12.4 Å². The highest BCUT2D eigenvalue weighted by molar-refractivity contribution is 5.89. The lowest BCUT2D eigenvalue weighted by Gasteiger charge is -2.37. The van der Waals surface area contributed by atoms with Crippen molar-refractivity contribution in [2.45, 2.75) is 25.9 Å². The van der Waals surface area contributed by atoms with Crippen LogP contribution in [0.25, 0.3) is 0 Å². The fourth-order valence-corrected chi connectivity index (χ4v) is 3.38. The molecule has 0 spiro atoms. The van der Waals surface area contributed by atoms with Gasteiger partial charge in [0, 0.05) is 19.6 Å². The molecule has 2 heterocycles. The van der Waals surface area contributed by atoms with Crippen LogP contribution in [0.2, 0.25) is 0 Å². The van der Waals surface area contributed by atoms with Gasteiger partial charge in [0.25, 0.3) is 0 Å². The second kappa shape index (κ2) is 8.17. The molecule has 1 aromatic carbocycles. The van der Waals surface area contributed by atoms with Gasteiger partial charge >= 0.3 is 0 Å². The standard InChI is InChI=1S/C18H25N3O3.ClH/c1-18(12-19)7-8-20(13-18)17(23)15-10-24-11-16(22)21(15)9-14-5-3-2-4-6-14;/h2-6,15H,7-13,19H2,1H3;1H/t15-,18?;/m1./s1. The first-order chi connectivity index (χ1) is 11.5. The summed E-state index contributed by atoms with van der Waals surface area (Å²) in [4.78, 5) is 28.8. The average molecular weight is 368 g/mol. The van der Waals surface area contributed by atoms with E-state index >= 15 is 0 Å². The van der Waals surface area contributed by atoms with E-state index in [0.717, 1.165) is 12.0 Å². The number of carbonyl (C=O) groups is 2. The van der Waals surface area contributed by atoms with E-state index in [1.165, 1.54) is 0 Å². The highest BCUT2D eigenvalue weighted by Crippen LogP contribution is 2.29. The third kappa shape index (κ3) is 4.32. The minimum Gasteiger partial charge on any atom is -0.369 e. The van der Waals surface area contributed by atoms with Crippen LogP contribution in [0, 0.1) is 5.41 Å². The summed E-state index contributed by atoms with van der Waals surface area (Å²) in [5.74, 6) is -0.166. The van der Waals surface area contributed by atoms with Crippen molar-refractivity contribution in [1.29, 1.82) is 0 Å². The third-order valence-corrected chi connectivity index (χ3v) is 5.04. The van der Waals surface area contributed by atoms with Gasteiger partial charge in [-0.05, 0) is 23.9 Å². The third-order valence-electron chi connectivity index (χ3n) is 5.04. The van der Waals surface area contributed by atoms with Crippen molar-refractivity contribution in [3.8, 4) is 0 Å². The van der Waals surface area contributed by atoms with E-state index in [2.05, 4.69) is 6.92 Å². The first-order valence-corrected chi connectivity index (χ1v) is 8.42. The van der Waals surface area contributed by atoms with Crippen molar-refractivity contribution in [1.82, 2.24) is 9.80 Å². The number of nitrogens with zero attached hydrogens (tertiary/aromatic N) is 2. The predicted octanol–water partition coefficient (Wildman–Crippen LogP) is 1.03. The Hall–Kier alpha value is -1.63. The van der Waals surface area contributed by atoms with Crippen LogP contribution in [-0.2, 0) is 20.9 Å².